The monoisotopic (exact) mass is 342 g/mol. The second-order valence-corrected chi connectivity index (χ2v) is 6.81. The number of nitrogens with zero attached hydrogens (tertiary/aromatic N) is 1. The van der Waals surface area contributed by atoms with E-state index in [2.05, 4.69) is 27.0 Å². The number of hydrogen-bond acceptors (Lipinski definition) is 3. The maximum absolute atomic E-state index is 6.18. The van der Waals surface area contributed by atoms with Gasteiger partial charge in [-0.2, -0.15) is 0 Å². The molecule has 1 unspecified atom stereocenters. The lowest BCUT2D eigenvalue weighted by Gasteiger charge is -2.21. The van der Waals surface area contributed by atoms with Crippen LogP contribution in [0.3, 0.4) is 0 Å². The molecule has 18 heavy (non-hydrogen) atoms. The van der Waals surface area contributed by atoms with Gasteiger partial charge in [0, 0.05) is 15.3 Å². The van der Waals surface area contributed by atoms with Crippen LogP contribution in [-0.4, -0.2) is 4.98 Å². The van der Waals surface area contributed by atoms with E-state index in [0.29, 0.717) is 11.0 Å². The van der Waals surface area contributed by atoms with Crippen LogP contribution in [0.5, 0.6) is 0 Å². The number of aryl methyl sites for hydroxylation is 1. The number of fused-ring (bicyclic) bond motifs is 1. The number of nitrogens with two attached hydrogens (primary N) is 1. The molecule has 0 radical (unpaired) electrons. The van der Waals surface area contributed by atoms with E-state index < -0.39 is 0 Å². The third-order valence-electron chi connectivity index (χ3n) is 3.31. The lowest BCUT2D eigenvalue weighted by Crippen LogP contribution is -2.09. The van der Waals surface area contributed by atoms with Crippen LogP contribution in [-0.2, 0) is 6.42 Å². The van der Waals surface area contributed by atoms with Crippen molar-refractivity contribution in [3.63, 3.8) is 0 Å². The quantitative estimate of drug-likeness (QED) is 0.821. The van der Waals surface area contributed by atoms with Gasteiger partial charge in [-0.25, -0.2) is 4.98 Å². The topological polar surface area (TPSA) is 38.9 Å². The Morgan fingerprint density at radius 2 is 2.28 bits per heavy atom. The maximum atomic E-state index is 6.18. The summed E-state index contributed by atoms with van der Waals surface area (Å²) in [6.07, 6.45) is 3.35. The molecule has 1 aliphatic carbocycles. The summed E-state index contributed by atoms with van der Waals surface area (Å²) in [5.74, 6) is 0.397. The molecule has 0 fully saturated rings. The third kappa shape index (κ3) is 2.17. The highest BCUT2D eigenvalue weighted by molar-refractivity contribution is 9.10. The van der Waals surface area contributed by atoms with Gasteiger partial charge >= 0.3 is 0 Å². The van der Waals surface area contributed by atoms with E-state index in [4.69, 9.17) is 17.3 Å². The van der Waals surface area contributed by atoms with Gasteiger partial charge in [-0.05, 0) is 52.9 Å². The van der Waals surface area contributed by atoms with E-state index in [0.717, 1.165) is 28.8 Å². The van der Waals surface area contributed by atoms with Crippen molar-refractivity contribution < 1.29 is 0 Å². The standard InChI is InChI=1S/C13H12BrClN2S/c14-9-5-4-7(6-10(9)15)8-2-1-3-11-12(8)18-13(16)17-11/h4-6,8H,1-3H2,(H2,16,17). The van der Waals surface area contributed by atoms with Crippen LogP contribution in [0.15, 0.2) is 22.7 Å². The van der Waals surface area contributed by atoms with Gasteiger partial charge in [0.25, 0.3) is 0 Å². The Morgan fingerprint density at radius 3 is 3.06 bits per heavy atom. The molecule has 2 N–H and O–H groups in total. The predicted octanol–water partition coefficient (Wildman–Crippen LogP) is 4.61. The van der Waals surface area contributed by atoms with Crippen LogP contribution >= 0.6 is 38.9 Å². The van der Waals surface area contributed by atoms with Crippen molar-refractivity contribution in [2.45, 2.75) is 25.2 Å². The zero-order valence-electron chi connectivity index (χ0n) is 9.62. The Kier molecular flexibility index (Phi) is 3.34. The van der Waals surface area contributed by atoms with Crippen molar-refractivity contribution in [3.05, 3.63) is 43.8 Å². The first kappa shape index (κ1) is 12.5. The molecule has 1 aromatic carbocycles. The van der Waals surface area contributed by atoms with Crippen LogP contribution < -0.4 is 5.73 Å². The Hall–Kier alpha value is -0.580. The molecular formula is C13H12BrClN2S. The molecule has 1 aliphatic rings. The van der Waals surface area contributed by atoms with E-state index >= 15 is 0 Å². The molecule has 2 nitrogen and oxygen atoms in total. The summed E-state index contributed by atoms with van der Waals surface area (Å²) in [4.78, 5) is 5.74. The fourth-order valence-electron chi connectivity index (χ4n) is 2.49. The van der Waals surface area contributed by atoms with Gasteiger partial charge in [-0.15, -0.1) is 11.3 Å². The Morgan fingerprint density at radius 1 is 1.44 bits per heavy atom. The van der Waals surface area contributed by atoms with Crippen LogP contribution in [0.1, 0.15) is 34.9 Å². The van der Waals surface area contributed by atoms with Gasteiger partial charge in [0.05, 0.1) is 10.7 Å². The molecule has 1 atom stereocenters. The highest BCUT2D eigenvalue weighted by atomic mass is 79.9. The average Bonchev–Trinajstić information content (AvgIpc) is 2.72. The van der Waals surface area contributed by atoms with E-state index in [-0.39, 0.29) is 0 Å². The normalized spacial score (nSPS) is 18.7. The van der Waals surface area contributed by atoms with Crippen molar-refractivity contribution >= 4 is 44.0 Å². The summed E-state index contributed by atoms with van der Waals surface area (Å²) in [6.45, 7) is 0. The summed E-state index contributed by atoms with van der Waals surface area (Å²) in [7, 11) is 0. The Balaban J connectivity index is 2.05. The van der Waals surface area contributed by atoms with Gasteiger partial charge in [0.2, 0.25) is 0 Å². The summed E-state index contributed by atoms with van der Waals surface area (Å²) >= 11 is 11.2. The third-order valence-corrected chi connectivity index (χ3v) is 5.59. The highest BCUT2D eigenvalue weighted by Gasteiger charge is 2.25. The number of nitrogen functional groups attached to an aromatic ring is 1. The molecule has 94 valence electrons. The Bertz CT molecular complexity index is 597. The summed E-state index contributed by atoms with van der Waals surface area (Å²) in [5.41, 5.74) is 8.26. The molecule has 0 saturated heterocycles. The minimum atomic E-state index is 0.397. The number of anilines is 1. The SMILES string of the molecule is Nc1nc2c(s1)C(c1ccc(Br)c(Cl)c1)CCC2. The smallest absolute Gasteiger partial charge is 0.180 e. The van der Waals surface area contributed by atoms with Crippen LogP contribution in [0.25, 0.3) is 0 Å². The molecule has 1 aromatic heterocycles. The van der Waals surface area contributed by atoms with Gasteiger partial charge in [-0.1, -0.05) is 17.7 Å². The fourth-order valence-corrected chi connectivity index (χ4v) is 3.96. The molecule has 0 aliphatic heterocycles. The van der Waals surface area contributed by atoms with Gasteiger partial charge < -0.3 is 5.73 Å². The Labute approximate surface area is 123 Å². The minimum absolute atomic E-state index is 0.397. The first-order chi connectivity index (χ1) is 8.65. The zero-order chi connectivity index (χ0) is 12.7. The summed E-state index contributed by atoms with van der Waals surface area (Å²) in [5, 5.41) is 1.44. The van der Waals surface area contributed by atoms with E-state index in [1.54, 1.807) is 11.3 Å². The first-order valence-corrected chi connectivity index (χ1v) is 7.84. The highest BCUT2D eigenvalue weighted by Crippen LogP contribution is 2.41. The fraction of sp³-hybridized carbons (Fsp3) is 0.308. The van der Waals surface area contributed by atoms with Crippen LogP contribution in [0.2, 0.25) is 5.02 Å². The number of halogens is 2. The molecule has 0 bridgehead atoms. The number of aromatic nitrogens is 1. The van der Waals surface area contributed by atoms with Crippen LogP contribution in [0.4, 0.5) is 5.13 Å². The van der Waals surface area contributed by atoms with Crippen molar-refractivity contribution in [3.8, 4) is 0 Å². The molecule has 5 heteroatoms. The largest absolute Gasteiger partial charge is 0.375 e. The van der Waals surface area contributed by atoms with Crippen LogP contribution in [0, 0.1) is 0 Å². The lowest BCUT2D eigenvalue weighted by atomic mass is 9.86. The number of benzene rings is 1. The molecule has 1 heterocycles. The second-order valence-electron chi connectivity index (χ2n) is 4.48. The van der Waals surface area contributed by atoms with E-state index in [9.17, 15) is 0 Å². The molecule has 2 aromatic rings. The van der Waals surface area contributed by atoms with E-state index in [1.807, 2.05) is 12.1 Å². The van der Waals surface area contributed by atoms with Gasteiger partial charge in [0.1, 0.15) is 0 Å². The van der Waals surface area contributed by atoms with E-state index in [1.165, 1.54) is 16.1 Å². The first-order valence-electron chi connectivity index (χ1n) is 5.85. The van der Waals surface area contributed by atoms with Crippen molar-refractivity contribution in [1.29, 1.82) is 0 Å². The maximum Gasteiger partial charge on any atom is 0.180 e. The van der Waals surface area contributed by atoms with Crippen molar-refractivity contribution in [1.82, 2.24) is 4.98 Å². The van der Waals surface area contributed by atoms with Gasteiger partial charge in [0.15, 0.2) is 5.13 Å². The summed E-state index contributed by atoms with van der Waals surface area (Å²) < 4.78 is 0.938. The summed E-state index contributed by atoms with van der Waals surface area (Å²) in [6, 6.07) is 6.18. The van der Waals surface area contributed by atoms with Crippen molar-refractivity contribution in [2.75, 3.05) is 5.73 Å². The molecule has 3 rings (SSSR count). The average molecular weight is 344 g/mol. The number of rotatable bonds is 1. The molecule has 0 saturated carbocycles. The number of thiazole rings is 1. The predicted molar refractivity (Wildman–Crippen MR) is 80.5 cm³/mol. The zero-order valence-corrected chi connectivity index (χ0v) is 12.8. The minimum Gasteiger partial charge on any atom is -0.375 e. The lowest BCUT2D eigenvalue weighted by molar-refractivity contribution is 0.617. The van der Waals surface area contributed by atoms with Gasteiger partial charge in [-0.3, -0.25) is 0 Å². The second kappa shape index (κ2) is 4.83. The number of hydrogen-bond donors (Lipinski definition) is 1. The molecule has 0 amide bonds. The molecular weight excluding hydrogens is 332 g/mol. The molecule has 0 spiro atoms. The van der Waals surface area contributed by atoms with Crippen molar-refractivity contribution in [2.24, 2.45) is 0 Å².